The van der Waals surface area contributed by atoms with Crippen LogP contribution in [0.3, 0.4) is 0 Å². The zero-order chi connectivity index (χ0) is 13.4. The van der Waals surface area contributed by atoms with Gasteiger partial charge in [0, 0.05) is 5.41 Å². The SMILES string of the molecule is Cc1ccc(F)c(C(C)(C)C(N)C(=O)O)c1C. The van der Waals surface area contributed by atoms with E-state index in [4.69, 9.17) is 10.8 Å². The fraction of sp³-hybridized carbons (Fsp3) is 0.462. The Bertz CT molecular complexity index is 455. The lowest BCUT2D eigenvalue weighted by Crippen LogP contribution is -2.47. The van der Waals surface area contributed by atoms with Crippen molar-refractivity contribution in [2.75, 3.05) is 0 Å². The molecule has 1 unspecified atom stereocenters. The van der Waals surface area contributed by atoms with Gasteiger partial charge in [-0.15, -0.1) is 0 Å². The number of aryl methyl sites for hydroxylation is 1. The highest BCUT2D eigenvalue weighted by atomic mass is 19.1. The summed E-state index contributed by atoms with van der Waals surface area (Å²) in [5, 5.41) is 8.98. The quantitative estimate of drug-likeness (QED) is 0.849. The lowest BCUT2D eigenvalue weighted by molar-refractivity contribution is -0.140. The van der Waals surface area contributed by atoms with Crippen LogP contribution in [0.2, 0.25) is 0 Å². The van der Waals surface area contributed by atoms with Crippen LogP contribution in [0, 0.1) is 19.7 Å². The van der Waals surface area contributed by atoms with E-state index < -0.39 is 23.2 Å². The van der Waals surface area contributed by atoms with Crippen molar-refractivity contribution in [3.05, 3.63) is 34.6 Å². The number of halogens is 1. The summed E-state index contributed by atoms with van der Waals surface area (Å²) < 4.78 is 13.9. The minimum Gasteiger partial charge on any atom is -0.480 e. The normalized spacial score (nSPS) is 13.5. The van der Waals surface area contributed by atoms with Crippen LogP contribution in [-0.2, 0) is 10.2 Å². The molecule has 17 heavy (non-hydrogen) atoms. The molecule has 3 nitrogen and oxygen atoms in total. The number of aliphatic carboxylic acids is 1. The Morgan fingerprint density at radius 1 is 1.41 bits per heavy atom. The van der Waals surface area contributed by atoms with Crippen molar-refractivity contribution in [3.63, 3.8) is 0 Å². The van der Waals surface area contributed by atoms with E-state index in [0.717, 1.165) is 11.1 Å². The Hall–Kier alpha value is -1.42. The van der Waals surface area contributed by atoms with E-state index in [-0.39, 0.29) is 0 Å². The average molecular weight is 239 g/mol. The molecule has 0 aliphatic heterocycles. The summed E-state index contributed by atoms with van der Waals surface area (Å²) in [7, 11) is 0. The lowest BCUT2D eigenvalue weighted by Gasteiger charge is -2.31. The van der Waals surface area contributed by atoms with E-state index >= 15 is 0 Å². The van der Waals surface area contributed by atoms with Crippen LogP contribution in [0.15, 0.2) is 12.1 Å². The molecule has 0 aromatic heterocycles. The van der Waals surface area contributed by atoms with Crippen molar-refractivity contribution in [1.82, 2.24) is 0 Å². The topological polar surface area (TPSA) is 63.3 Å². The van der Waals surface area contributed by atoms with Gasteiger partial charge in [0.25, 0.3) is 0 Å². The summed E-state index contributed by atoms with van der Waals surface area (Å²) in [6, 6.07) is 1.89. The van der Waals surface area contributed by atoms with E-state index in [0.29, 0.717) is 5.56 Å². The highest BCUT2D eigenvalue weighted by molar-refractivity contribution is 5.75. The van der Waals surface area contributed by atoms with E-state index in [1.807, 2.05) is 6.92 Å². The fourth-order valence-electron chi connectivity index (χ4n) is 2.04. The van der Waals surface area contributed by atoms with E-state index in [1.54, 1.807) is 26.8 Å². The summed E-state index contributed by atoms with van der Waals surface area (Å²) in [5.74, 6) is -1.54. The number of carbonyl (C=O) groups is 1. The molecule has 0 aliphatic rings. The average Bonchev–Trinajstić information content (AvgIpc) is 2.22. The number of carboxylic acid groups (broad SMARTS) is 1. The van der Waals surface area contributed by atoms with Crippen molar-refractivity contribution in [3.8, 4) is 0 Å². The van der Waals surface area contributed by atoms with Crippen molar-refractivity contribution < 1.29 is 14.3 Å². The van der Waals surface area contributed by atoms with Gasteiger partial charge in [-0.05, 0) is 36.6 Å². The molecule has 1 rings (SSSR count). The molecular weight excluding hydrogens is 221 g/mol. The van der Waals surface area contributed by atoms with Crippen LogP contribution in [0.4, 0.5) is 4.39 Å². The monoisotopic (exact) mass is 239 g/mol. The summed E-state index contributed by atoms with van der Waals surface area (Å²) >= 11 is 0. The molecule has 0 radical (unpaired) electrons. The van der Waals surface area contributed by atoms with E-state index in [2.05, 4.69) is 0 Å². The zero-order valence-corrected chi connectivity index (χ0v) is 10.5. The number of hydrogen-bond acceptors (Lipinski definition) is 2. The molecule has 0 aliphatic carbocycles. The van der Waals surface area contributed by atoms with Crippen molar-refractivity contribution in [1.29, 1.82) is 0 Å². The molecule has 1 aromatic carbocycles. The second-order valence-electron chi connectivity index (χ2n) is 4.90. The molecule has 1 atom stereocenters. The molecule has 0 saturated carbocycles. The molecule has 0 heterocycles. The number of rotatable bonds is 3. The second kappa shape index (κ2) is 4.45. The molecular formula is C13H18FNO2. The van der Waals surface area contributed by atoms with Gasteiger partial charge in [0.05, 0.1) is 0 Å². The number of carboxylic acids is 1. The van der Waals surface area contributed by atoms with Gasteiger partial charge in [-0.25, -0.2) is 4.39 Å². The molecule has 4 heteroatoms. The minimum atomic E-state index is -1.14. The van der Waals surface area contributed by atoms with Crippen LogP contribution < -0.4 is 5.73 Å². The Kier molecular flexibility index (Phi) is 3.57. The highest BCUT2D eigenvalue weighted by Gasteiger charge is 2.37. The predicted octanol–water partition coefficient (Wildman–Crippen LogP) is 2.13. The first-order valence-corrected chi connectivity index (χ1v) is 5.44. The Morgan fingerprint density at radius 3 is 2.41 bits per heavy atom. The third-order valence-corrected chi connectivity index (χ3v) is 3.37. The summed E-state index contributed by atoms with van der Waals surface area (Å²) in [5.41, 5.74) is 6.76. The number of benzene rings is 1. The molecule has 94 valence electrons. The zero-order valence-electron chi connectivity index (χ0n) is 10.5. The smallest absolute Gasteiger partial charge is 0.321 e. The molecule has 3 N–H and O–H groups in total. The number of nitrogens with two attached hydrogens (primary N) is 1. The Morgan fingerprint density at radius 2 is 1.94 bits per heavy atom. The summed E-state index contributed by atoms with van der Waals surface area (Å²) in [6.07, 6.45) is 0. The Balaban J connectivity index is 3.42. The second-order valence-corrected chi connectivity index (χ2v) is 4.90. The first kappa shape index (κ1) is 13.6. The lowest BCUT2D eigenvalue weighted by atomic mass is 9.75. The van der Waals surface area contributed by atoms with Gasteiger partial charge >= 0.3 is 5.97 Å². The van der Waals surface area contributed by atoms with E-state index in [1.165, 1.54) is 6.07 Å². The maximum absolute atomic E-state index is 13.9. The van der Waals surface area contributed by atoms with Crippen LogP contribution in [0.25, 0.3) is 0 Å². The summed E-state index contributed by atoms with van der Waals surface area (Å²) in [4.78, 5) is 11.0. The van der Waals surface area contributed by atoms with Crippen molar-refractivity contribution in [2.24, 2.45) is 5.73 Å². The minimum absolute atomic E-state index is 0.382. The predicted molar refractivity (Wildman–Crippen MR) is 64.5 cm³/mol. The van der Waals surface area contributed by atoms with Crippen LogP contribution in [0.5, 0.6) is 0 Å². The van der Waals surface area contributed by atoms with Gasteiger partial charge in [0.1, 0.15) is 11.9 Å². The number of hydrogen-bond donors (Lipinski definition) is 2. The maximum atomic E-state index is 13.9. The first-order chi connectivity index (χ1) is 7.69. The van der Waals surface area contributed by atoms with Gasteiger partial charge in [-0.3, -0.25) is 4.79 Å². The van der Waals surface area contributed by atoms with Crippen LogP contribution in [0.1, 0.15) is 30.5 Å². The first-order valence-electron chi connectivity index (χ1n) is 5.44. The van der Waals surface area contributed by atoms with Crippen molar-refractivity contribution >= 4 is 5.97 Å². The molecule has 0 saturated heterocycles. The van der Waals surface area contributed by atoms with Crippen LogP contribution >= 0.6 is 0 Å². The Labute approximate surface area is 100 Å². The summed E-state index contributed by atoms with van der Waals surface area (Å²) in [6.45, 7) is 6.94. The molecule has 0 fully saturated rings. The van der Waals surface area contributed by atoms with Crippen molar-refractivity contribution in [2.45, 2.75) is 39.2 Å². The van der Waals surface area contributed by atoms with E-state index in [9.17, 15) is 9.18 Å². The molecule has 0 spiro atoms. The van der Waals surface area contributed by atoms with Crippen LogP contribution in [-0.4, -0.2) is 17.1 Å². The van der Waals surface area contributed by atoms with Gasteiger partial charge in [0.15, 0.2) is 0 Å². The largest absolute Gasteiger partial charge is 0.480 e. The molecule has 1 aromatic rings. The standard InChI is InChI=1S/C13H18FNO2/c1-7-5-6-9(14)10(8(7)2)13(3,4)11(15)12(16)17/h5-6,11H,15H2,1-4H3,(H,16,17). The maximum Gasteiger partial charge on any atom is 0.321 e. The van der Waals surface area contributed by atoms with Gasteiger partial charge in [-0.2, -0.15) is 0 Å². The van der Waals surface area contributed by atoms with Gasteiger partial charge in [-0.1, -0.05) is 19.9 Å². The molecule has 0 bridgehead atoms. The molecule has 0 amide bonds. The highest BCUT2D eigenvalue weighted by Crippen LogP contribution is 2.32. The third kappa shape index (κ3) is 2.31. The third-order valence-electron chi connectivity index (χ3n) is 3.37. The fourth-order valence-corrected chi connectivity index (χ4v) is 2.04. The van der Waals surface area contributed by atoms with Gasteiger partial charge < -0.3 is 10.8 Å². The van der Waals surface area contributed by atoms with Gasteiger partial charge in [0.2, 0.25) is 0 Å².